The number of benzene rings is 1. The molecule has 100 valence electrons. The minimum Gasteiger partial charge on any atom is -0.493 e. The fourth-order valence-corrected chi connectivity index (χ4v) is 1.96. The Hall–Kier alpha value is 0.471. The number of halogens is 3. The van der Waals surface area contributed by atoms with E-state index < -0.39 is 12.4 Å². The molecule has 1 aliphatic rings. The normalized spacial score (nSPS) is 19.1. The first kappa shape index (κ1) is 17.5. The van der Waals surface area contributed by atoms with Gasteiger partial charge in [-0.2, -0.15) is 0 Å². The SMILES string of the molecule is Cc1cc([B-](F)(F)F)ccc1OCC1CCOC1.[K+]. The Bertz CT molecular complexity index is 420. The zero-order chi connectivity index (χ0) is 13.2. The maximum atomic E-state index is 12.5. The molecule has 1 fully saturated rings. The zero-order valence-corrected chi connectivity index (χ0v) is 14.3. The molecule has 0 aromatic heterocycles. The monoisotopic (exact) mass is 298 g/mol. The van der Waals surface area contributed by atoms with Crippen molar-refractivity contribution in [2.45, 2.75) is 13.3 Å². The summed E-state index contributed by atoms with van der Waals surface area (Å²) in [7, 11) is 0. The topological polar surface area (TPSA) is 18.5 Å². The van der Waals surface area contributed by atoms with Gasteiger partial charge >= 0.3 is 58.4 Å². The molecule has 1 saturated heterocycles. The van der Waals surface area contributed by atoms with E-state index >= 15 is 0 Å². The Kier molecular flexibility index (Phi) is 6.89. The van der Waals surface area contributed by atoms with Gasteiger partial charge in [0.05, 0.1) is 13.2 Å². The maximum Gasteiger partial charge on any atom is 1.00 e. The van der Waals surface area contributed by atoms with Crippen molar-refractivity contribution in [1.82, 2.24) is 0 Å². The first-order valence-electron chi connectivity index (χ1n) is 5.98. The van der Waals surface area contributed by atoms with Gasteiger partial charge in [-0.15, -0.1) is 5.46 Å². The van der Waals surface area contributed by atoms with Crippen molar-refractivity contribution in [3.05, 3.63) is 23.8 Å². The second-order valence-electron chi connectivity index (χ2n) is 4.64. The summed E-state index contributed by atoms with van der Waals surface area (Å²) in [5.74, 6) is 0.863. The van der Waals surface area contributed by atoms with E-state index in [1.54, 1.807) is 6.92 Å². The second kappa shape index (κ2) is 7.47. The standard InChI is InChI=1S/C12H15BF3O2.K/c1-9-6-11(13(14,15)16)2-3-12(9)18-8-10-4-5-17-7-10;/h2-3,6,10H,4-5,7-8H2,1H3;/q-1;+1. The molecule has 2 nitrogen and oxygen atoms in total. The summed E-state index contributed by atoms with van der Waals surface area (Å²) in [6.45, 7) is -1.40. The minimum absolute atomic E-state index is 0. The number of hydrogen-bond donors (Lipinski definition) is 0. The smallest absolute Gasteiger partial charge is 0.493 e. The van der Waals surface area contributed by atoms with Crippen molar-refractivity contribution in [3.63, 3.8) is 0 Å². The molecule has 0 amide bonds. The molecule has 0 aliphatic carbocycles. The third-order valence-corrected chi connectivity index (χ3v) is 3.08. The number of aryl methyl sites for hydroxylation is 1. The molecule has 2 rings (SSSR count). The van der Waals surface area contributed by atoms with Crippen LogP contribution in [0.25, 0.3) is 0 Å². The van der Waals surface area contributed by atoms with Crippen LogP contribution in [-0.2, 0) is 4.74 Å². The molecular formula is C12H15BF3KO2. The van der Waals surface area contributed by atoms with Crippen molar-refractivity contribution >= 4 is 12.4 Å². The fraction of sp³-hybridized carbons (Fsp3) is 0.500. The van der Waals surface area contributed by atoms with E-state index in [-0.39, 0.29) is 51.4 Å². The molecule has 1 atom stereocenters. The first-order chi connectivity index (χ1) is 8.47. The summed E-state index contributed by atoms with van der Waals surface area (Å²) in [5, 5.41) is 0. The average Bonchev–Trinajstić information content (AvgIpc) is 2.79. The van der Waals surface area contributed by atoms with Crippen LogP contribution in [0.2, 0.25) is 0 Å². The molecule has 1 aromatic rings. The Morgan fingerprint density at radius 2 is 2.11 bits per heavy atom. The minimum atomic E-state index is -4.94. The van der Waals surface area contributed by atoms with Gasteiger partial charge in [0.15, 0.2) is 0 Å². The van der Waals surface area contributed by atoms with Crippen LogP contribution in [0.4, 0.5) is 12.9 Å². The van der Waals surface area contributed by atoms with Gasteiger partial charge in [-0.05, 0) is 25.0 Å². The van der Waals surface area contributed by atoms with Crippen molar-refractivity contribution in [2.75, 3.05) is 19.8 Å². The zero-order valence-electron chi connectivity index (χ0n) is 11.2. The van der Waals surface area contributed by atoms with Gasteiger partial charge in [-0.25, -0.2) is 0 Å². The summed E-state index contributed by atoms with van der Waals surface area (Å²) in [5.41, 5.74) is -0.0605. The van der Waals surface area contributed by atoms with Crippen LogP contribution in [0, 0.1) is 12.8 Å². The summed E-state index contributed by atoms with van der Waals surface area (Å²) in [6, 6.07) is 3.61. The van der Waals surface area contributed by atoms with E-state index in [2.05, 4.69) is 0 Å². The van der Waals surface area contributed by atoms with Crippen molar-refractivity contribution in [3.8, 4) is 5.75 Å². The Morgan fingerprint density at radius 1 is 1.37 bits per heavy atom. The molecular weight excluding hydrogens is 283 g/mol. The van der Waals surface area contributed by atoms with E-state index in [0.29, 0.717) is 30.4 Å². The summed E-state index contributed by atoms with van der Waals surface area (Å²) in [6.07, 6.45) is 0.947. The van der Waals surface area contributed by atoms with Crippen LogP contribution in [0.3, 0.4) is 0 Å². The van der Waals surface area contributed by atoms with Crippen LogP contribution >= 0.6 is 0 Å². The molecule has 0 radical (unpaired) electrons. The molecule has 0 spiro atoms. The van der Waals surface area contributed by atoms with Crippen molar-refractivity contribution in [2.24, 2.45) is 5.92 Å². The molecule has 1 unspecified atom stereocenters. The number of rotatable bonds is 4. The van der Waals surface area contributed by atoms with E-state index in [1.165, 1.54) is 6.07 Å². The van der Waals surface area contributed by atoms with Gasteiger partial charge in [-0.3, -0.25) is 0 Å². The van der Waals surface area contributed by atoms with Crippen LogP contribution in [0.5, 0.6) is 5.75 Å². The predicted octanol–water partition coefficient (Wildman–Crippen LogP) is -0.531. The number of ether oxygens (including phenoxy) is 2. The second-order valence-corrected chi connectivity index (χ2v) is 4.64. The van der Waals surface area contributed by atoms with E-state index in [9.17, 15) is 12.9 Å². The first-order valence-corrected chi connectivity index (χ1v) is 5.98. The summed E-state index contributed by atoms with van der Waals surface area (Å²) in [4.78, 5) is 0. The molecule has 0 bridgehead atoms. The van der Waals surface area contributed by atoms with E-state index in [0.717, 1.165) is 25.2 Å². The average molecular weight is 298 g/mol. The molecule has 0 N–H and O–H groups in total. The van der Waals surface area contributed by atoms with Gasteiger partial charge in [0.25, 0.3) is 0 Å². The number of hydrogen-bond acceptors (Lipinski definition) is 2. The van der Waals surface area contributed by atoms with Crippen molar-refractivity contribution < 1.29 is 73.8 Å². The molecule has 7 heteroatoms. The molecule has 0 saturated carbocycles. The fourth-order valence-electron chi connectivity index (χ4n) is 1.96. The van der Waals surface area contributed by atoms with Gasteiger partial charge in [-0.1, -0.05) is 12.1 Å². The maximum absolute atomic E-state index is 12.5. The van der Waals surface area contributed by atoms with Crippen LogP contribution < -0.4 is 61.6 Å². The summed E-state index contributed by atoms with van der Waals surface area (Å²) >= 11 is 0. The Labute approximate surface area is 153 Å². The third kappa shape index (κ3) is 5.06. The van der Waals surface area contributed by atoms with E-state index in [1.807, 2.05) is 0 Å². The quantitative estimate of drug-likeness (QED) is 0.696. The predicted molar refractivity (Wildman–Crippen MR) is 64.3 cm³/mol. The van der Waals surface area contributed by atoms with Gasteiger partial charge in [0.1, 0.15) is 5.75 Å². The molecule has 1 aliphatic heterocycles. The van der Waals surface area contributed by atoms with Gasteiger partial charge in [0, 0.05) is 12.5 Å². The van der Waals surface area contributed by atoms with Crippen LogP contribution in [0.15, 0.2) is 18.2 Å². The van der Waals surface area contributed by atoms with Crippen LogP contribution in [0.1, 0.15) is 12.0 Å². The van der Waals surface area contributed by atoms with Crippen LogP contribution in [-0.4, -0.2) is 26.8 Å². The van der Waals surface area contributed by atoms with Gasteiger partial charge < -0.3 is 22.4 Å². The Morgan fingerprint density at radius 3 is 2.63 bits per heavy atom. The summed E-state index contributed by atoms with van der Waals surface area (Å²) < 4.78 is 48.4. The third-order valence-electron chi connectivity index (χ3n) is 3.08. The molecule has 1 heterocycles. The van der Waals surface area contributed by atoms with Crippen molar-refractivity contribution in [1.29, 1.82) is 0 Å². The van der Waals surface area contributed by atoms with E-state index in [4.69, 9.17) is 9.47 Å². The largest absolute Gasteiger partial charge is 1.00 e. The van der Waals surface area contributed by atoms with Gasteiger partial charge in [0.2, 0.25) is 0 Å². The molecule has 19 heavy (non-hydrogen) atoms. The molecule has 1 aromatic carbocycles. The Balaban J connectivity index is 0.00000180.